The summed E-state index contributed by atoms with van der Waals surface area (Å²) < 4.78 is 0. The molecule has 2 unspecified atom stereocenters. The molecule has 0 aromatic carbocycles. The zero-order valence-electron chi connectivity index (χ0n) is 11.2. The van der Waals surface area contributed by atoms with E-state index in [1.165, 1.54) is 12.8 Å². The Morgan fingerprint density at radius 3 is 2.88 bits per heavy atom. The molecule has 0 saturated carbocycles. The monoisotopic (exact) mass is 238 g/mol. The maximum atomic E-state index is 11.8. The highest BCUT2D eigenvalue weighted by atomic mass is 16.1. The molecule has 0 aliphatic heterocycles. The zero-order chi connectivity index (χ0) is 12.5. The second kappa shape index (κ2) is 8.29. The number of amides is 1. The van der Waals surface area contributed by atoms with E-state index in [2.05, 4.69) is 22.8 Å². The summed E-state index contributed by atoms with van der Waals surface area (Å²) in [6.45, 7) is 3.79. The van der Waals surface area contributed by atoms with Crippen molar-refractivity contribution in [2.75, 3.05) is 20.1 Å². The van der Waals surface area contributed by atoms with Gasteiger partial charge >= 0.3 is 0 Å². The molecule has 0 saturated heterocycles. The lowest BCUT2D eigenvalue weighted by molar-refractivity contribution is -0.125. The van der Waals surface area contributed by atoms with Gasteiger partial charge in [-0.3, -0.25) is 4.79 Å². The standard InChI is InChI=1S/C14H26N2O/c1-12(11-13-7-4-3-5-8-13)14(17)16-10-6-9-15-2/h3-4,12-13,15H,5-11H2,1-2H3,(H,16,17). The predicted molar refractivity (Wildman–Crippen MR) is 71.8 cm³/mol. The summed E-state index contributed by atoms with van der Waals surface area (Å²) in [7, 11) is 1.93. The Hall–Kier alpha value is -0.830. The number of hydrogen-bond acceptors (Lipinski definition) is 2. The maximum Gasteiger partial charge on any atom is 0.222 e. The normalized spacial score (nSPS) is 21.2. The van der Waals surface area contributed by atoms with Crippen LogP contribution in [-0.4, -0.2) is 26.0 Å². The zero-order valence-corrected chi connectivity index (χ0v) is 11.2. The van der Waals surface area contributed by atoms with E-state index < -0.39 is 0 Å². The van der Waals surface area contributed by atoms with Gasteiger partial charge in [0.05, 0.1) is 0 Å². The van der Waals surface area contributed by atoms with Gasteiger partial charge in [-0.25, -0.2) is 0 Å². The molecule has 1 aliphatic rings. The van der Waals surface area contributed by atoms with Crippen molar-refractivity contribution in [2.45, 2.75) is 39.0 Å². The van der Waals surface area contributed by atoms with Crippen LogP contribution >= 0.6 is 0 Å². The van der Waals surface area contributed by atoms with Gasteiger partial charge in [-0.2, -0.15) is 0 Å². The molecule has 1 rings (SSSR count). The molecule has 1 aliphatic carbocycles. The summed E-state index contributed by atoms with van der Waals surface area (Å²) in [6.07, 6.45) is 10.1. The molecule has 1 amide bonds. The van der Waals surface area contributed by atoms with Crippen LogP contribution in [0.2, 0.25) is 0 Å². The highest BCUT2D eigenvalue weighted by molar-refractivity contribution is 5.78. The van der Waals surface area contributed by atoms with Crippen LogP contribution in [0.4, 0.5) is 0 Å². The highest BCUT2D eigenvalue weighted by Crippen LogP contribution is 2.25. The first-order valence-electron chi connectivity index (χ1n) is 6.81. The number of allylic oxidation sites excluding steroid dienone is 2. The van der Waals surface area contributed by atoms with E-state index >= 15 is 0 Å². The van der Waals surface area contributed by atoms with Crippen molar-refractivity contribution in [1.29, 1.82) is 0 Å². The highest BCUT2D eigenvalue weighted by Gasteiger charge is 2.18. The quantitative estimate of drug-likeness (QED) is 0.527. The van der Waals surface area contributed by atoms with Crippen LogP contribution in [0, 0.1) is 11.8 Å². The second-order valence-corrected chi connectivity index (χ2v) is 5.04. The molecule has 2 N–H and O–H groups in total. The molecule has 0 spiro atoms. The molecular weight excluding hydrogens is 212 g/mol. The molecule has 3 heteroatoms. The minimum Gasteiger partial charge on any atom is -0.356 e. The largest absolute Gasteiger partial charge is 0.356 e. The maximum absolute atomic E-state index is 11.8. The summed E-state index contributed by atoms with van der Waals surface area (Å²) >= 11 is 0. The molecule has 2 atom stereocenters. The SMILES string of the molecule is CNCCCNC(=O)C(C)CC1CC=CCC1. The fourth-order valence-corrected chi connectivity index (χ4v) is 2.33. The number of carbonyl (C=O) groups is 1. The number of carbonyl (C=O) groups excluding carboxylic acids is 1. The Labute approximate surface area is 105 Å². The van der Waals surface area contributed by atoms with Gasteiger partial charge in [0.25, 0.3) is 0 Å². The van der Waals surface area contributed by atoms with E-state index in [4.69, 9.17) is 0 Å². The molecule has 0 fully saturated rings. The lowest BCUT2D eigenvalue weighted by Crippen LogP contribution is -2.32. The minimum absolute atomic E-state index is 0.154. The smallest absolute Gasteiger partial charge is 0.222 e. The Morgan fingerprint density at radius 2 is 2.24 bits per heavy atom. The third kappa shape index (κ3) is 5.87. The second-order valence-electron chi connectivity index (χ2n) is 5.04. The topological polar surface area (TPSA) is 41.1 Å². The molecule has 0 aromatic heterocycles. The number of hydrogen-bond donors (Lipinski definition) is 2. The fourth-order valence-electron chi connectivity index (χ4n) is 2.33. The van der Waals surface area contributed by atoms with Gasteiger partial charge in [-0.15, -0.1) is 0 Å². The summed E-state index contributed by atoms with van der Waals surface area (Å²) in [5.74, 6) is 1.08. The summed E-state index contributed by atoms with van der Waals surface area (Å²) in [6, 6.07) is 0. The Kier molecular flexibility index (Phi) is 6.94. The van der Waals surface area contributed by atoms with Gasteiger partial charge in [-0.1, -0.05) is 19.1 Å². The van der Waals surface area contributed by atoms with E-state index in [1.807, 2.05) is 14.0 Å². The van der Waals surface area contributed by atoms with Gasteiger partial charge in [0.2, 0.25) is 5.91 Å². The van der Waals surface area contributed by atoms with Crippen molar-refractivity contribution in [3.63, 3.8) is 0 Å². The van der Waals surface area contributed by atoms with Gasteiger partial charge in [0.1, 0.15) is 0 Å². The molecule has 0 bridgehead atoms. The fraction of sp³-hybridized carbons (Fsp3) is 0.786. The summed E-state index contributed by atoms with van der Waals surface area (Å²) in [5, 5.41) is 6.09. The average molecular weight is 238 g/mol. The van der Waals surface area contributed by atoms with Crippen molar-refractivity contribution < 1.29 is 4.79 Å². The van der Waals surface area contributed by atoms with Crippen LogP contribution in [-0.2, 0) is 4.79 Å². The van der Waals surface area contributed by atoms with Gasteiger partial charge in [0.15, 0.2) is 0 Å². The van der Waals surface area contributed by atoms with Gasteiger partial charge in [-0.05, 0) is 51.6 Å². The summed E-state index contributed by atoms with van der Waals surface area (Å²) in [5.41, 5.74) is 0. The van der Waals surface area contributed by atoms with Gasteiger partial charge < -0.3 is 10.6 Å². The molecule has 0 heterocycles. The predicted octanol–water partition coefficient (Wildman–Crippen LogP) is 2.09. The van der Waals surface area contributed by atoms with E-state index in [0.717, 1.165) is 32.4 Å². The van der Waals surface area contributed by atoms with Crippen LogP contribution in [0.3, 0.4) is 0 Å². The lowest BCUT2D eigenvalue weighted by atomic mass is 9.86. The van der Waals surface area contributed by atoms with Crippen LogP contribution in [0.25, 0.3) is 0 Å². The van der Waals surface area contributed by atoms with Crippen molar-refractivity contribution in [1.82, 2.24) is 10.6 Å². The van der Waals surface area contributed by atoms with Crippen LogP contribution in [0.1, 0.15) is 39.0 Å². The van der Waals surface area contributed by atoms with Crippen LogP contribution in [0.5, 0.6) is 0 Å². The van der Waals surface area contributed by atoms with Crippen molar-refractivity contribution >= 4 is 5.91 Å². The number of rotatable bonds is 7. The van der Waals surface area contributed by atoms with E-state index in [1.54, 1.807) is 0 Å². The first kappa shape index (κ1) is 14.2. The average Bonchev–Trinajstić information content (AvgIpc) is 2.35. The van der Waals surface area contributed by atoms with Crippen molar-refractivity contribution in [2.24, 2.45) is 11.8 Å². The Bertz CT molecular complexity index is 251. The molecular formula is C14H26N2O. The lowest BCUT2D eigenvalue weighted by Gasteiger charge is -2.21. The van der Waals surface area contributed by atoms with Gasteiger partial charge in [0, 0.05) is 12.5 Å². The first-order valence-corrected chi connectivity index (χ1v) is 6.81. The van der Waals surface area contributed by atoms with Crippen LogP contribution in [0.15, 0.2) is 12.2 Å². The molecule has 0 aromatic rings. The summed E-state index contributed by atoms with van der Waals surface area (Å²) in [4.78, 5) is 11.8. The third-order valence-electron chi connectivity index (χ3n) is 3.41. The molecule has 98 valence electrons. The van der Waals surface area contributed by atoms with Crippen LogP contribution < -0.4 is 10.6 Å². The van der Waals surface area contributed by atoms with E-state index in [-0.39, 0.29) is 11.8 Å². The van der Waals surface area contributed by atoms with E-state index in [9.17, 15) is 4.79 Å². The van der Waals surface area contributed by atoms with E-state index in [0.29, 0.717) is 5.92 Å². The number of nitrogens with one attached hydrogen (secondary N) is 2. The third-order valence-corrected chi connectivity index (χ3v) is 3.41. The Morgan fingerprint density at radius 1 is 1.41 bits per heavy atom. The van der Waals surface area contributed by atoms with Crippen molar-refractivity contribution in [3.05, 3.63) is 12.2 Å². The first-order chi connectivity index (χ1) is 8.24. The molecule has 17 heavy (non-hydrogen) atoms. The molecule has 3 nitrogen and oxygen atoms in total. The minimum atomic E-state index is 0.154. The Balaban J connectivity index is 2.15. The van der Waals surface area contributed by atoms with Crippen molar-refractivity contribution in [3.8, 4) is 0 Å². The molecule has 0 radical (unpaired) electrons.